The van der Waals surface area contributed by atoms with Gasteiger partial charge in [0.25, 0.3) is 0 Å². The van der Waals surface area contributed by atoms with E-state index in [9.17, 15) is 9.59 Å². The molecular weight excluding hydrogens is 404 g/mol. The normalized spacial score (nSPS) is 11.4. The number of ketones is 2. The van der Waals surface area contributed by atoms with Crippen molar-refractivity contribution in [2.75, 3.05) is 0 Å². The Morgan fingerprint density at radius 1 is 0.424 bits per heavy atom. The molecule has 0 heterocycles. The first-order valence-electron chi connectivity index (χ1n) is 11.1. The molecule has 156 valence electrons. The van der Waals surface area contributed by atoms with E-state index < -0.39 is 0 Å². The minimum atomic E-state index is -0.162. The van der Waals surface area contributed by atoms with Crippen molar-refractivity contribution in [1.29, 1.82) is 0 Å². The lowest BCUT2D eigenvalue weighted by atomic mass is 9.90. The minimum absolute atomic E-state index is 0.154. The zero-order valence-corrected chi connectivity index (χ0v) is 17.9. The van der Waals surface area contributed by atoms with Gasteiger partial charge in [-0.2, -0.15) is 0 Å². The van der Waals surface area contributed by atoms with Gasteiger partial charge in [-0.05, 0) is 55.2 Å². The Bertz CT molecular complexity index is 1600. The largest absolute Gasteiger partial charge is 0.294 e. The third-order valence-electron chi connectivity index (χ3n) is 6.46. The fraction of sp³-hybridized carbons (Fsp3) is 0.0323. The lowest BCUT2D eigenvalue weighted by Crippen LogP contribution is -2.10. The molecule has 0 amide bonds. The van der Waals surface area contributed by atoms with Crippen molar-refractivity contribution < 1.29 is 9.59 Å². The predicted octanol–water partition coefficient (Wildman–Crippen LogP) is 7.76. The van der Waals surface area contributed by atoms with Crippen molar-refractivity contribution in [2.24, 2.45) is 0 Å². The molecular formula is C31H20O2. The second-order valence-electron chi connectivity index (χ2n) is 8.40. The summed E-state index contributed by atoms with van der Waals surface area (Å²) in [6, 6.07) is 35.8. The highest BCUT2D eigenvalue weighted by Crippen LogP contribution is 2.32. The maximum absolute atomic E-state index is 13.5. The maximum Gasteiger partial charge on any atom is 0.171 e. The lowest BCUT2D eigenvalue weighted by Gasteiger charge is -2.12. The van der Waals surface area contributed by atoms with Gasteiger partial charge in [-0.1, -0.05) is 97.1 Å². The van der Waals surface area contributed by atoms with Gasteiger partial charge in [0.05, 0.1) is 6.42 Å². The van der Waals surface area contributed by atoms with Crippen LogP contribution < -0.4 is 0 Å². The van der Waals surface area contributed by atoms with Crippen LogP contribution in [0.3, 0.4) is 0 Å². The Morgan fingerprint density at radius 3 is 1.18 bits per heavy atom. The smallest absolute Gasteiger partial charge is 0.171 e. The van der Waals surface area contributed by atoms with E-state index >= 15 is 0 Å². The Labute approximate surface area is 191 Å². The van der Waals surface area contributed by atoms with Gasteiger partial charge in [-0.3, -0.25) is 9.59 Å². The molecule has 33 heavy (non-hydrogen) atoms. The van der Waals surface area contributed by atoms with E-state index in [2.05, 4.69) is 12.1 Å². The Kier molecular flexibility index (Phi) is 4.51. The van der Waals surface area contributed by atoms with Crippen molar-refractivity contribution in [2.45, 2.75) is 6.42 Å². The van der Waals surface area contributed by atoms with Crippen LogP contribution in [0.25, 0.3) is 43.1 Å². The average Bonchev–Trinajstić information content (AvgIpc) is 2.87. The minimum Gasteiger partial charge on any atom is -0.294 e. The fourth-order valence-corrected chi connectivity index (χ4v) is 4.91. The molecule has 0 saturated heterocycles. The van der Waals surface area contributed by atoms with Crippen molar-refractivity contribution in [3.63, 3.8) is 0 Å². The molecule has 2 heteroatoms. The average molecular weight is 424 g/mol. The molecule has 0 atom stereocenters. The van der Waals surface area contributed by atoms with Gasteiger partial charge >= 0.3 is 0 Å². The van der Waals surface area contributed by atoms with Gasteiger partial charge in [0, 0.05) is 11.1 Å². The van der Waals surface area contributed by atoms with Crippen LogP contribution in [-0.2, 0) is 0 Å². The van der Waals surface area contributed by atoms with E-state index in [-0.39, 0.29) is 18.0 Å². The van der Waals surface area contributed by atoms with Gasteiger partial charge in [0.2, 0.25) is 0 Å². The molecule has 2 nitrogen and oxygen atoms in total. The van der Waals surface area contributed by atoms with Crippen LogP contribution in [0.15, 0.2) is 109 Å². The van der Waals surface area contributed by atoms with Crippen LogP contribution in [0, 0.1) is 0 Å². The number of rotatable bonds is 4. The number of fused-ring (bicyclic) bond motifs is 6. The molecule has 0 radical (unpaired) electrons. The molecule has 0 aliphatic rings. The molecule has 0 N–H and O–H groups in total. The standard InChI is InChI=1S/C31H20O2/c32-30(28-17-20-9-1-3-11-22(20)24-13-5-7-15-26(24)28)19-31(33)29-18-21-10-2-4-12-23(21)25-14-6-8-16-27(25)29/h1-18H,19H2. The summed E-state index contributed by atoms with van der Waals surface area (Å²) >= 11 is 0. The van der Waals surface area contributed by atoms with E-state index in [4.69, 9.17) is 0 Å². The molecule has 6 aromatic rings. The van der Waals surface area contributed by atoms with Crippen LogP contribution in [-0.4, -0.2) is 11.6 Å². The number of carbonyl (C=O) groups excluding carboxylic acids is 2. The van der Waals surface area contributed by atoms with Gasteiger partial charge < -0.3 is 0 Å². The predicted molar refractivity (Wildman–Crippen MR) is 136 cm³/mol. The molecule has 0 unspecified atom stereocenters. The van der Waals surface area contributed by atoms with E-state index in [0.717, 1.165) is 43.1 Å². The van der Waals surface area contributed by atoms with Gasteiger partial charge in [-0.25, -0.2) is 0 Å². The first kappa shape index (κ1) is 19.4. The number of hydrogen-bond donors (Lipinski definition) is 0. The summed E-state index contributed by atoms with van der Waals surface area (Å²) < 4.78 is 0. The number of hydrogen-bond acceptors (Lipinski definition) is 2. The zero-order chi connectivity index (χ0) is 22.4. The zero-order valence-electron chi connectivity index (χ0n) is 17.9. The van der Waals surface area contributed by atoms with E-state index in [1.807, 2.05) is 97.1 Å². The van der Waals surface area contributed by atoms with Gasteiger partial charge in [0.1, 0.15) is 0 Å². The van der Waals surface area contributed by atoms with Crippen LogP contribution in [0.5, 0.6) is 0 Å². The topological polar surface area (TPSA) is 34.1 Å². The highest BCUT2D eigenvalue weighted by Gasteiger charge is 2.19. The molecule has 0 aliphatic heterocycles. The molecule has 0 fully saturated rings. The molecule has 6 aromatic carbocycles. The van der Waals surface area contributed by atoms with Gasteiger partial charge in [-0.15, -0.1) is 0 Å². The van der Waals surface area contributed by atoms with Gasteiger partial charge in [0.15, 0.2) is 11.6 Å². The second kappa shape index (κ2) is 7.68. The summed E-state index contributed by atoms with van der Waals surface area (Å²) in [5.74, 6) is -0.307. The lowest BCUT2D eigenvalue weighted by molar-refractivity contribution is 0.0896. The SMILES string of the molecule is O=C(CC(=O)c1cc2ccccc2c2ccccc12)c1cc2ccccc2c2ccccc12. The van der Waals surface area contributed by atoms with Crippen molar-refractivity contribution in [3.8, 4) is 0 Å². The highest BCUT2D eigenvalue weighted by molar-refractivity contribution is 6.25. The monoisotopic (exact) mass is 424 g/mol. The molecule has 0 aliphatic carbocycles. The van der Waals surface area contributed by atoms with Crippen molar-refractivity contribution in [3.05, 3.63) is 120 Å². The van der Waals surface area contributed by atoms with Crippen LogP contribution in [0.2, 0.25) is 0 Å². The summed E-state index contributed by atoms with van der Waals surface area (Å²) in [7, 11) is 0. The molecule has 0 bridgehead atoms. The molecule has 0 saturated carbocycles. The Hall–Kier alpha value is -4.30. The summed E-state index contributed by atoms with van der Waals surface area (Å²) in [6.45, 7) is 0. The van der Waals surface area contributed by atoms with Crippen molar-refractivity contribution >= 4 is 54.7 Å². The van der Waals surface area contributed by atoms with Crippen LogP contribution in [0.4, 0.5) is 0 Å². The summed E-state index contributed by atoms with van der Waals surface area (Å²) in [5.41, 5.74) is 1.20. The Morgan fingerprint density at radius 2 is 0.758 bits per heavy atom. The first-order valence-corrected chi connectivity index (χ1v) is 11.1. The second-order valence-corrected chi connectivity index (χ2v) is 8.40. The summed E-state index contributed by atoms with van der Waals surface area (Å²) in [4.78, 5) is 26.9. The number of benzene rings is 6. The highest BCUT2D eigenvalue weighted by atomic mass is 16.1. The first-order chi connectivity index (χ1) is 16.2. The third kappa shape index (κ3) is 3.19. The van der Waals surface area contributed by atoms with E-state index in [0.29, 0.717) is 11.1 Å². The summed E-state index contributed by atoms with van der Waals surface area (Å²) in [5, 5.41) is 8.05. The van der Waals surface area contributed by atoms with Crippen LogP contribution >= 0.6 is 0 Å². The Balaban J connectivity index is 1.47. The molecule has 6 rings (SSSR count). The molecule has 0 aromatic heterocycles. The number of carbonyl (C=O) groups is 2. The number of Topliss-reactive ketones (excluding diaryl/α,β-unsaturated/α-hetero) is 2. The van der Waals surface area contributed by atoms with E-state index in [1.54, 1.807) is 0 Å². The molecule has 0 spiro atoms. The summed E-state index contributed by atoms with van der Waals surface area (Å²) in [6.07, 6.45) is -0.162. The maximum atomic E-state index is 13.5. The van der Waals surface area contributed by atoms with Crippen LogP contribution in [0.1, 0.15) is 27.1 Å². The third-order valence-corrected chi connectivity index (χ3v) is 6.46. The fourth-order valence-electron chi connectivity index (χ4n) is 4.91. The quantitative estimate of drug-likeness (QED) is 0.165. The van der Waals surface area contributed by atoms with E-state index in [1.165, 1.54) is 0 Å². The van der Waals surface area contributed by atoms with Crippen molar-refractivity contribution in [1.82, 2.24) is 0 Å².